The van der Waals surface area contributed by atoms with Gasteiger partial charge in [0.2, 0.25) is 10.0 Å². The lowest BCUT2D eigenvalue weighted by Crippen LogP contribution is -2.31. The maximum Gasteiger partial charge on any atom is 0.265 e. The second-order valence-corrected chi connectivity index (χ2v) is 10.4. The van der Waals surface area contributed by atoms with E-state index in [1.807, 2.05) is 25.1 Å². The molecule has 0 bridgehead atoms. The highest BCUT2D eigenvalue weighted by Crippen LogP contribution is 2.31. The molecule has 1 amide bonds. The van der Waals surface area contributed by atoms with Crippen molar-refractivity contribution in [2.24, 2.45) is 0 Å². The van der Waals surface area contributed by atoms with Crippen molar-refractivity contribution < 1.29 is 22.7 Å². The van der Waals surface area contributed by atoms with E-state index in [9.17, 15) is 13.2 Å². The Hall–Kier alpha value is -2.58. The van der Waals surface area contributed by atoms with Crippen LogP contribution >= 0.6 is 0 Å². The summed E-state index contributed by atoms with van der Waals surface area (Å²) in [5.41, 5.74) is 2.35. The summed E-state index contributed by atoms with van der Waals surface area (Å²) in [6.07, 6.45) is 0.911. The molecule has 0 saturated carbocycles. The zero-order valence-electron chi connectivity index (χ0n) is 19.3. The number of anilines is 1. The molecule has 0 spiro atoms. The van der Waals surface area contributed by atoms with E-state index in [4.69, 9.17) is 9.47 Å². The number of sulfonamides is 1. The average Bonchev–Trinajstić information content (AvgIpc) is 3.29. The number of nitrogens with zero attached hydrogens (tertiary/aromatic N) is 1. The number of benzene rings is 2. The van der Waals surface area contributed by atoms with E-state index in [0.29, 0.717) is 30.3 Å². The Balaban J connectivity index is 1.82. The zero-order valence-corrected chi connectivity index (χ0v) is 20.2. The van der Waals surface area contributed by atoms with Crippen molar-refractivity contribution in [1.29, 1.82) is 0 Å². The minimum Gasteiger partial charge on any atom is -0.495 e. The van der Waals surface area contributed by atoms with Crippen molar-refractivity contribution >= 4 is 21.6 Å². The van der Waals surface area contributed by atoms with Gasteiger partial charge in [-0.3, -0.25) is 4.79 Å². The highest BCUT2D eigenvalue weighted by Gasteiger charge is 2.28. The quantitative estimate of drug-likeness (QED) is 0.634. The van der Waals surface area contributed by atoms with Gasteiger partial charge < -0.3 is 14.8 Å². The maximum absolute atomic E-state index is 12.9. The van der Waals surface area contributed by atoms with Gasteiger partial charge in [0.15, 0.2) is 6.10 Å². The predicted octanol–water partition coefficient (Wildman–Crippen LogP) is 4.32. The number of carbonyl (C=O) groups is 1. The molecule has 1 atom stereocenters. The number of amides is 1. The van der Waals surface area contributed by atoms with Crippen molar-refractivity contribution in [2.75, 3.05) is 25.5 Å². The molecule has 0 radical (unpaired) electrons. The van der Waals surface area contributed by atoms with E-state index in [1.54, 1.807) is 13.0 Å². The van der Waals surface area contributed by atoms with Crippen molar-refractivity contribution in [3.05, 3.63) is 47.5 Å². The highest BCUT2D eigenvalue weighted by molar-refractivity contribution is 7.89. The van der Waals surface area contributed by atoms with E-state index < -0.39 is 22.0 Å². The summed E-state index contributed by atoms with van der Waals surface area (Å²) in [7, 11) is -2.14. The van der Waals surface area contributed by atoms with Crippen LogP contribution in [0.2, 0.25) is 0 Å². The van der Waals surface area contributed by atoms with Gasteiger partial charge in [-0.15, -0.1) is 0 Å². The van der Waals surface area contributed by atoms with Gasteiger partial charge in [-0.1, -0.05) is 26.0 Å². The van der Waals surface area contributed by atoms with E-state index in [0.717, 1.165) is 24.0 Å². The number of aryl methyl sites for hydroxylation is 1. The van der Waals surface area contributed by atoms with Crippen LogP contribution in [0, 0.1) is 6.92 Å². The smallest absolute Gasteiger partial charge is 0.265 e. The number of methoxy groups -OCH3 is 1. The Labute approximate surface area is 190 Å². The topological polar surface area (TPSA) is 84.9 Å². The standard InChI is InChI=1S/C24H32N2O5S/c1-16(2)20-10-8-17(3)14-23(20)31-18(4)24(27)25-21-15-19(9-11-22(21)30-5)32(28,29)26-12-6-7-13-26/h8-11,14-16,18H,6-7,12-13H2,1-5H3,(H,25,27)/t18-/m0/s1. The van der Waals surface area contributed by atoms with Crippen LogP contribution in [0.25, 0.3) is 0 Å². The van der Waals surface area contributed by atoms with E-state index in [2.05, 4.69) is 19.2 Å². The first-order chi connectivity index (χ1) is 15.1. The molecule has 32 heavy (non-hydrogen) atoms. The highest BCUT2D eigenvalue weighted by atomic mass is 32.2. The van der Waals surface area contributed by atoms with Crippen LogP contribution < -0.4 is 14.8 Å². The number of ether oxygens (including phenoxy) is 2. The number of nitrogens with one attached hydrogen (secondary N) is 1. The van der Waals surface area contributed by atoms with Crippen LogP contribution in [0.3, 0.4) is 0 Å². The normalized spacial score (nSPS) is 15.6. The molecule has 2 aromatic rings. The molecule has 8 heteroatoms. The fraction of sp³-hybridized carbons (Fsp3) is 0.458. The van der Waals surface area contributed by atoms with E-state index in [-0.39, 0.29) is 10.8 Å². The second-order valence-electron chi connectivity index (χ2n) is 8.42. The summed E-state index contributed by atoms with van der Waals surface area (Å²) >= 11 is 0. The summed E-state index contributed by atoms with van der Waals surface area (Å²) in [5.74, 6) is 0.896. The molecule has 1 aliphatic heterocycles. The Morgan fingerprint density at radius 3 is 2.34 bits per heavy atom. The Morgan fingerprint density at radius 1 is 1.03 bits per heavy atom. The van der Waals surface area contributed by atoms with Gasteiger partial charge in [-0.05, 0) is 68.0 Å². The fourth-order valence-corrected chi connectivity index (χ4v) is 5.27. The van der Waals surface area contributed by atoms with Gasteiger partial charge in [-0.2, -0.15) is 4.31 Å². The molecule has 0 unspecified atom stereocenters. The molecule has 1 saturated heterocycles. The molecule has 1 heterocycles. The number of carbonyl (C=O) groups excluding carboxylic acids is 1. The molecule has 0 aliphatic carbocycles. The molecule has 7 nitrogen and oxygen atoms in total. The first-order valence-electron chi connectivity index (χ1n) is 10.9. The number of hydrogen-bond acceptors (Lipinski definition) is 5. The van der Waals surface area contributed by atoms with Crippen LogP contribution in [-0.4, -0.2) is 44.9 Å². The number of hydrogen-bond donors (Lipinski definition) is 1. The third-order valence-electron chi connectivity index (χ3n) is 5.60. The minimum atomic E-state index is -3.62. The molecular formula is C24H32N2O5S. The van der Waals surface area contributed by atoms with Crippen molar-refractivity contribution in [2.45, 2.75) is 57.5 Å². The number of rotatable bonds is 8. The van der Waals surface area contributed by atoms with Gasteiger partial charge >= 0.3 is 0 Å². The molecular weight excluding hydrogens is 428 g/mol. The Kier molecular flexibility index (Phi) is 7.46. The first kappa shape index (κ1) is 24.1. The summed E-state index contributed by atoms with van der Waals surface area (Å²) in [6.45, 7) is 8.79. The van der Waals surface area contributed by atoms with Crippen LogP contribution in [0.15, 0.2) is 41.3 Å². The van der Waals surface area contributed by atoms with Crippen LogP contribution in [0.5, 0.6) is 11.5 Å². The lowest BCUT2D eigenvalue weighted by atomic mass is 10.0. The summed E-state index contributed by atoms with van der Waals surface area (Å²) in [4.78, 5) is 13.0. The van der Waals surface area contributed by atoms with E-state index >= 15 is 0 Å². The van der Waals surface area contributed by atoms with Gasteiger partial charge in [0.05, 0.1) is 17.7 Å². The van der Waals surface area contributed by atoms with Gasteiger partial charge in [-0.25, -0.2) is 8.42 Å². The van der Waals surface area contributed by atoms with Gasteiger partial charge in [0.25, 0.3) is 5.91 Å². The molecule has 1 N–H and O–H groups in total. The van der Waals surface area contributed by atoms with Gasteiger partial charge in [0, 0.05) is 13.1 Å². The summed E-state index contributed by atoms with van der Waals surface area (Å²) < 4.78 is 38.7. The van der Waals surface area contributed by atoms with Gasteiger partial charge in [0.1, 0.15) is 11.5 Å². The van der Waals surface area contributed by atoms with Crippen molar-refractivity contribution in [3.63, 3.8) is 0 Å². The second kappa shape index (κ2) is 9.92. The Morgan fingerprint density at radius 2 is 1.72 bits per heavy atom. The van der Waals surface area contributed by atoms with Crippen molar-refractivity contribution in [1.82, 2.24) is 4.31 Å². The van der Waals surface area contributed by atoms with Crippen LogP contribution in [0.4, 0.5) is 5.69 Å². The third-order valence-corrected chi connectivity index (χ3v) is 7.49. The third kappa shape index (κ3) is 5.24. The average molecular weight is 461 g/mol. The molecule has 3 rings (SSSR count). The SMILES string of the molecule is COc1ccc(S(=O)(=O)N2CCCC2)cc1NC(=O)[C@H](C)Oc1cc(C)ccc1C(C)C. The molecule has 1 aliphatic rings. The minimum absolute atomic E-state index is 0.129. The molecule has 1 fully saturated rings. The molecule has 2 aromatic carbocycles. The summed E-state index contributed by atoms with van der Waals surface area (Å²) in [5, 5.41) is 2.78. The largest absolute Gasteiger partial charge is 0.495 e. The predicted molar refractivity (Wildman–Crippen MR) is 125 cm³/mol. The lowest BCUT2D eigenvalue weighted by Gasteiger charge is -2.21. The van der Waals surface area contributed by atoms with E-state index in [1.165, 1.54) is 23.5 Å². The van der Waals surface area contributed by atoms with Crippen LogP contribution in [-0.2, 0) is 14.8 Å². The molecule has 0 aromatic heterocycles. The Bertz CT molecular complexity index is 1080. The lowest BCUT2D eigenvalue weighted by molar-refractivity contribution is -0.122. The van der Waals surface area contributed by atoms with Crippen molar-refractivity contribution in [3.8, 4) is 11.5 Å². The first-order valence-corrected chi connectivity index (χ1v) is 12.3. The maximum atomic E-state index is 12.9. The monoisotopic (exact) mass is 460 g/mol. The fourth-order valence-electron chi connectivity index (χ4n) is 3.72. The summed E-state index contributed by atoms with van der Waals surface area (Å²) in [6, 6.07) is 10.5. The van der Waals surface area contributed by atoms with Crippen LogP contribution in [0.1, 0.15) is 50.7 Å². The zero-order chi connectivity index (χ0) is 23.5. The molecule has 174 valence electrons.